The van der Waals surface area contributed by atoms with Crippen LogP contribution in [0.15, 0.2) is 42.6 Å². The maximum atomic E-state index is 13.4. The van der Waals surface area contributed by atoms with E-state index in [1.54, 1.807) is 48.5 Å². The summed E-state index contributed by atoms with van der Waals surface area (Å²) in [5.74, 6) is 1.16. The highest BCUT2D eigenvalue weighted by Gasteiger charge is 2.45. The number of amides is 1. The lowest BCUT2D eigenvalue weighted by Crippen LogP contribution is -2.52. The van der Waals surface area contributed by atoms with Gasteiger partial charge in [0.1, 0.15) is 5.75 Å². The highest BCUT2D eigenvalue weighted by molar-refractivity contribution is 5.94. The van der Waals surface area contributed by atoms with E-state index in [1.807, 2.05) is 24.8 Å². The third-order valence-electron chi connectivity index (χ3n) is 5.28. The van der Waals surface area contributed by atoms with Gasteiger partial charge in [-0.2, -0.15) is 0 Å². The maximum absolute atomic E-state index is 13.4. The summed E-state index contributed by atoms with van der Waals surface area (Å²) < 4.78 is 11.6. The Labute approximate surface area is 183 Å². The van der Waals surface area contributed by atoms with E-state index in [1.165, 1.54) is 0 Å². The molecule has 1 aromatic carbocycles. The molecule has 1 aromatic heterocycles. The number of benzene rings is 1. The molecular formula is C24H31N3O4. The third kappa shape index (κ3) is 4.45. The van der Waals surface area contributed by atoms with Crippen LogP contribution in [0.5, 0.6) is 11.6 Å². The molecule has 3 rings (SSSR count). The number of pyridine rings is 1. The molecule has 1 aliphatic rings. The molecule has 0 saturated carbocycles. The summed E-state index contributed by atoms with van der Waals surface area (Å²) in [7, 11) is 1.57. The number of rotatable bonds is 6. The molecule has 1 atom stereocenters. The number of methoxy groups -OCH3 is 1. The van der Waals surface area contributed by atoms with E-state index < -0.39 is 11.8 Å². The first-order chi connectivity index (χ1) is 14.7. The van der Waals surface area contributed by atoms with Crippen molar-refractivity contribution in [2.45, 2.75) is 46.4 Å². The molecule has 0 fully saturated rings. The molecule has 166 valence electrons. The zero-order valence-electron chi connectivity index (χ0n) is 19.0. The second-order valence-corrected chi connectivity index (χ2v) is 8.34. The number of carbonyl (C=O) groups is 1. The number of likely N-dealkylation sites (N-methyl/N-ethyl adjacent to an activating group) is 1. The molecule has 0 spiro atoms. The first-order valence-electron chi connectivity index (χ1n) is 10.5. The summed E-state index contributed by atoms with van der Waals surface area (Å²) in [6.07, 6.45) is 0.918. The lowest BCUT2D eigenvalue weighted by Gasteiger charge is -2.39. The Hall–Kier alpha value is -3.22. The number of phenols is 1. The minimum absolute atomic E-state index is 0.0901. The molecule has 0 radical (unpaired) electrons. The summed E-state index contributed by atoms with van der Waals surface area (Å²) in [4.78, 5) is 21.6. The van der Waals surface area contributed by atoms with E-state index in [0.29, 0.717) is 24.7 Å². The predicted molar refractivity (Wildman–Crippen MR) is 120 cm³/mol. The van der Waals surface area contributed by atoms with E-state index >= 15 is 0 Å². The van der Waals surface area contributed by atoms with Crippen molar-refractivity contribution in [2.75, 3.05) is 20.2 Å². The molecule has 0 saturated heterocycles. The van der Waals surface area contributed by atoms with Crippen LogP contribution in [0.1, 0.15) is 45.7 Å². The predicted octanol–water partition coefficient (Wildman–Crippen LogP) is 3.95. The second-order valence-electron chi connectivity index (χ2n) is 8.34. The highest BCUT2D eigenvalue weighted by atomic mass is 16.5. The van der Waals surface area contributed by atoms with Gasteiger partial charge in [-0.25, -0.2) is 4.98 Å². The molecule has 0 aliphatic carbocycles. The lowest BCUT2D eigenvalue weighted by molar-refractivity contribution is -0.147. The first-order valence-corrected chi connectivity index (χ1v) is 10.5. The van der Waals surface area contributed by atoms with Gasteiger partial charge in [-0.3, -0.25) is 4.79 Å². The summed E-state index contributed by atoms with van der Waals surface area (Å²) in [5, 5.41) is 9.75. The van der Waals surface area contributed by atoms with Gasteiger partial charge in [0.05, 0.1) is 12.8 Å². The topological polar surface area (TPSA) is 75.1 Å². The SMILES string of the molecule is CCN(CC)C(=O)C1OC(c2ccc(O)cc2)=C(c2ccc(OC)nc2)N1C(C)(C)C. The van der Waals surface area contributed by atoms with E-state index in [9.17, 15) is 9.90 Å². The van der Waals surface area contributed by atoms with Gasteiger partial charge < -0.3 is 24.4 Å². The van der Waals surface area contributed by atoms with E-state index in [4.69, 9.17) is 9.47 Å². The minimum Gasteiger partial charge on any atom is -0.508 e. The van der Waals surface area contributed by atoms with Crippen LogP contribution in [0.4, 0.5) is 0 Å². The monoisotopic (exact) mass is 425 g/mol. The Kier molecular flexibility index (Phi) is 6.43. The molecule has 31 heavy (non-hydrogen) atoms. The van der Waals surface area contributed by atoms with Crippen molar-refractivity contribution in [1.82, 2.24) is 14.8 Å². The third-order valence-corrected chi connectivity index (χ3v) is 5.28. The standard InChI is InChI=1S/C24H31N3O4/c1-7-26(8-2)22(29)23-27(24(3,4)5)20(17-11-14-19(30-6)25-15-17)21(31-23)16-9-12-18(28)13-10-16/h9-15,23,28H,7-8H2,1-6H3. The van der Waals surface area contributed by atoms with Crippen LogP contribution in [0, 0.1) is 0 Å². The van der Waals surface area contributed by atoms with Gasteiger partial charge in [-0.05, 0) is 65.0 Å². The largest absolute Gasteiger partial charge is 0.508 e. The van der Waals surface area contributed by atoms with E-state index in [2.05, 4.69) is 25.8 Å². The number of aromatic nitrogens is 1. The van der Waals surface area contributed by atoms with Crippen molar-refractivity contribution in [1.29, 1.82) is 0 Å². The van der Waals surface area contributed by atoms with Crippen molar-refractivity contribution in [3.05, 3.63) is 53.7 Å². The lowest BCUT2D eigenvalue weighted by atomic mass is 10.0. The summed E-state index contributed by atoms with van der Waals surface area (Å²) in [6, 6.07) is 10.5. The molecule has 7 heteroatoms. The number of hydrogen-bond acceptors (Lipinski definition) is 6. The van der Waals surface area contributed by atoms with Crippen LogP contribution in [0.2, 0.25) is 0 Å². The molecule has 1 unspecified atom stereocenters. The van der Waals surface area contributed by atoms with Crippen LogP contribution >= 0.6 is 0 Å². The van der Waals surface area contributed by atoms with Crippen molar-refractivity contribution < 1.29 is 19.4 Å². The normalized spacial score (nSPS) is 16.3. The summed E-state index contributed by atoms with van der Waals surface area (Å²) >= 11 is 0. The van der Waals surface area contributed by atoms with Gasteiger partial charge >= 0.3 is 0 Å². The Morgan fingerprint density at radius 1 is 1.13 bits per heavy atom. The van der Waals surface area contributed by atoms with Crippen molar-refractivity contribution >= 4 is 17.4 Å². The second kappa shape index (κ2) is 8.88. The Morgan fingerprint density at radius 2 is 1.74 bits per heavy atom. The molecule has 2 heterocycles. The number of hydrogen-bond donors (Lipinski definition) is 1. The average Bonchev–Trinajstić information content (AvgIpc) is 3.16. The van der Waals surface area contributed by atoms with Gasteiger partial charge in [-0.1, -0.05) is 0 Å². The fourth-order valence-corrected chi connectivity index (χ4v) is 3.72. The number of phenolic OH excluding ortho intramolecular Hbond substituents is 1. The smallest absolute Gasteiger partial charge is 0.285 e. The Bertz CT molecular complexity index is 942. The van der Waals surface area contributed by atoms with Gasteiger partial charge in [-0.15, -0.1) is 0 Å². The van der Waals surface area contributed by atoms with Crippen LogP contribution in [0.3, 0.4) is 0 Å². The number of nitrogens with zero attached hydrogens (tertiary/aromatic N) is 3. The van der Waals surface area contributed by atoms with Gasteiger partial charge in [0, 0.05) is 42.0 Å². The molecular weight excluding hydrogens is 394 g/mol. The Balaban J connectivity index is 2.20. The van der Waals surface area contributed by atoms with Gasteiger partial charge in [0.15, 0.2) is 5.76 Å². The molecule has 7 nitrogen and oxygen atoms in total. The van der Waals surface area contributed by atoms with E-state index in [0.717, 1.165) is 16.8 Å². The quantitative estimate of drug-likeness (QED) is 0.755. The minimum atomic E-state index is -0.805. The zero-order valence-corrected chi connectivity index (χ0v) is 19.0. The van der Waals surface area contributed by atoms with Gasteiger partial charge in [0.25, 0.3) is 12.1 Å². The molecule has 0 bridgehead atoms. The van der Waals surface area contributed by atoms with Crippen LogP contribution in [0.25, 0.3) is 11.5 Å². The van der Waals surface area contributed by atoms with Crippen molar-refractivity contribution in [2.24, 2.45) is 0 Å². The fraction of sp³-hybridized carbons (Fsp3) is 0.417. The molecule has 2 aromatic rings. The Morgan fingerprint density at radius 3 is 2.23 bits per heavy atom. The number of aromatic hydroxyl groups is 1. The van der Waals surface area contributed by atoms with Crippen molar-refractivity contribution in [3.63, 3.8) is 0 Å². The van der Waals surface area contributed by atoms with E-state index in [-0.39, 0.29) is 11.7 Å². The molecule has 1 amide bonds. The van der Waals surface area contributed by atoms with Crippen LogP contribution in [-0.2, 0) is 9.53 Å². The average molecular weight is 426 g/mol. The van der Waals surface area contributed by atoms with Crippen LogP contribution in [-0.4, -0.2) is 57.8 Å². The maximum Gasteiger partial charge on any atom is 0.285 e. The highest BCUT2D eigenvalue weighted by Crippen LogP contribution is 2.43. The van der Waals surface area contributed by atoms with Crippen molar-refractivity contribution in [3.8, 4) is 11.6 Å². The zero-order chi connectivity index (χ0) is 22.8. The summed E-state index contributed by atoms with van der Waals surface area (Å²) in [5.41, 5.74) is 1.95. The van der Waals surface area contributed by atoms with Crippen LogP contribution < -0.4 is 4.74 Å². The summed E-state index contributed by atoms with van der Waals surface area (Å²) in [6.45, 7) is 11.3. The van der Waals surface area contributed by atoms with Gasteiger partial charge in [0.2, 0.25) is 5.88 Å². The number of ether oxygens (including phenoxy) is 2. The molecule has 1 N–H and O–H groups in total. The first kappa shape index (κ1) is 22.5. The fourth-order valence-electron chi connectivity index (χ4n) is 3.72. The number of carbonyl (C=O) groups excluding carboxylic acids is 1. The molecule has 1 aliphatic heterocycles.